The van der Waals surface area contributed by atoms with Gasteiger partial charge in [-0.25, -0.2) is 0 Å². The molecule has 1 amide bonds. The lowest BCUT2D eigenvalue weighted by molar-refractivity contribution is -0.112. The number of aryl methyl sites for hydroxylation is 2. The summed E-state index contributed by atoms with van der Waals surface area (Å²) in [4.78, 5) is 12.4. The molecule has 0 radical (unpaired) electrons. The third kappa shape index (κ3) is 4.24. The Balaban J connectivity index is 2.27. The van der Waals surface area contributed by atoms with Crippen LogP contribution in [0, 0.1) is 25.2 Å². The second-order valence-electron chi connectivity index (χ2n) is 5.34. The normalized spacial score (nSPS) is 10.9. The number of benzene rings is 2. The van der Waals surface area contributed by atoms with Crippen LogP contribution in [0.5, 0.6) is 5.75 Å². The van der Waals surface area contributed by atoms with E-state index in [-0.39, 0.29) is 5.57 Å². The van der Waals surface area contributed by atoms with Gasteiger partial charge in [0.1, 0.15) is 17.4 Å². The van der Waals surface area contributed by atoms with Crippen LogP contribution in [0.3, 0.4) is 0 Å². The molecular formula is C19H17BrN2O2. The van der Waals surface area contributed by atoms with E-state index in [1.54, 1.807) is 31.4 Å². The maximum absolute atomic E-state index is 12.4. The zero-order valence-corrected chi connectivity index (χ0v) is 15.3. The van der Waals surface area contributed by atoms with Gasteiger partial charge in [-0.05, 0) is 70.7 Å². The zero-order chi connectivity index (χ0) is 17.7. The molecule has 1 N–H and O–H groups in total. The number of nitriles is 1. The zero-order valence-electron chi connectivity index (χ0n) is 13.7. The SMILES string of the molecule is COc1ccc(/C=C(\C#N)C(=O)Nc2cc(C)ccc2C)cc1Br. The van der Waals surface area contributed by atoms with E-state index in [2.05, 4.69) is 21.2 Å². The molecule has 0 unspecified atom stereocenters. The molecule has 0 aliphatic rings. The molecule has 0 atom stereocenters. The molecule has 4 nitrogen and oxygen atoms in total. The molecule has 0 aliphatic heterocycles. The average Bonchev–Trinajstić information content (AvgIpc) is 2.56. The highest BCUT2D eigenvalue weighted by Crippen LogP contribution is 2.26. The standard InChI is InChI=1S/C19H17BrN2O2/c1-12-4-5-13(2)17(8-12)22-19(23)15(11-21)9-14-6-7-18(24-3)16(20)10-14/h4-10H,1-3H3,(H,22,23)/b15-9+. The van der Waals surface area contributed by atoms with E-state index in [1.807, 2.05) is 38.1 Å². The van der Waals surface area contributed by atoms with E-state index in [0.717, 1.165) is 21.2 Å². The number of carbonyl (C=O) groups is 1. The van der Waals surface area contributed by atoms with Crippen LogP contribution in [0.15, 0.2) is 46.4 Å². The van der Waals surface area contributed by atoms with Crippen LogP contribution >= 0.6 is 15.9 Å². The summed E-state index contributed by atoms with van der Waals surface area (Å²) in [6.45, 7) is 3.86. The van der Waals surface area contributed by atoms with Crippen molar-refractivity contribution in [2.45, 2.75) is 13.8 Å². The number of anilines is 1. The van der Waals surface area contributed by atoms with E-state index in [1.165, 1.54) is 0 Å². The highest BCUT2D eigenvalue weighted by atomic mass is 79.9. The molecule has 0 saturated heterocycles. The summed E-state index contributed by atoms with van der Waals surface area (Å²) in [6, 6.07) is 13.1. The quantitative estimate of drug-likeness (QED) is 0.617. The van der Waals surface area contributed by atoms with Crippen molar-refractivity contribution >= 4 is 33.6 Å². The van der Waals surface area contributed by atoms with Gasteiger partial charge in [-0.1, -0.05) is 18.2 Å². The molecule has 122 valence electrons. The fourth-order valence-electron chi connectivity index (χ4n) is 2.15. The molecule has 2 rings (SSSR count). The molecular weight excluding hydrogens is 368 g/mol. The lowest BCUT2D eigenvalue weighted by atomic mass is 10.1. The van der Waals surface area contributed by atoms with Gasteiger partial charge in [0.15, 0.2) is 0 Å². The second kappa shape index (κ2) is 7.80. The van der Waals surface area contributed by atoms with Gasteiger partial charge >= 0.3 is 0 Å². The summed E-state index contributed by atoms with van der Waals surface area (Å²) in [5.74, 6) is 0.253. The lowest BCUT2D eigenvalue weighted by Crippen LogP contribution is -2.14. The van der Waals surface area contributed by atoms with Gasteiger partial charge < -0.3 is 10.1 Å². The molecule has 0 spiro atoms. The van der Waals surface area contributed by atoms with Crippen LogP contribution in [-0.2, 0) is 4.79 Å². The maximum Gasteiger partial charge on any atom is 0.266 e. The highest BCUT2D eigenvalue weighted by Gasteiger charge is 2.11. The number of ether oxygens (including phenoxy) is 1. The second-order valence-corrected chi connectivity index (χ2v) is 6.19. The number of hydrogen-bond acceptors (Lipinski definition) is 3. The Kier molecular flexibility index (Phi) is 5.78. The lowest BCUT2D eigenvalue weighted by Gasteiger charge is -2.09. The van der Waals surface area contributed by atoms with Crippen molar-refractivity contribution < 1.29 is 9.53 Å². The Morgan fingerprint density at radius 3 is 2.62 bits per heavy atom. The first-order valence-electron chi connectivity index (χ1n) is 7.28. The summed E-state index contributed by atoms with van der Waals surface area (Å²) < 4.78 is 5.93. The third-order valence-electron chi connectivity index (χ3n) is 3.49. The average molecular weight is 385 g/mol. The van der Waals surface area contributed by atoms with Crippen molar-refractivity contribution in [3.05, 3.63) is 63.1 Å². The topological polar surface area (TPSA) is 62.1 Å². The Labute approximate surface area is 149 Å². The van der Waals surface area contributed by atoms with Crippen LogP contribution in [0.2, 0.25) is 0 Å². The molecule has 5 heteroatoms. The first-order chi connectivity index (χ1) is 11.4. The number of nitrogens with zero attached hydrogens (tertiary/aromatic N) is 1. The van der Waals surface area contributed by atoms with Gasteiger partial charge in [-0.3, -0.25) is 4.79 Å². The molecule has 0 aliphatic carbocycles. The minimum atomic E-state index is -0.432. The van der Waals surface area contributed by atoms with Crippen molar-refractivity contribution in [2.75, 3.05) is 12.4 Å². The molecule has 0 saturated carbocycles. The van der Waals surface area contributed by atoms with Gasteiger partial charge in [-0.2, -0.15) is 5.26 Å². The van der Waals surface area contributed by atoms with Crippen LogP contribution in [0.25, 0.3) is 6.08 Å². The predicted octanol–water partition coefficient (Wildman–Crippen LogP) is 4.62. The van der Waals surface area contributed by atoms with Gasteiger partial charge in [-0.15, -0.1) is 0 Å². The largest absolute Gasteiger partial charge is 0.496 e. The fraction of sp³-hybridized carbons (Fsp3) is 0.158. The van der Waals surface area contributed by atoms with Crippen molar-refractivity contribution in [3.8, 4) is 11.8 Å². The van der Waals surface area contributed by atoms with Gasteiger partial charge in [0.2, 0.25) is 0 Å². The summed E-state index contributed by atoms with van der Waals surface area (Å²) in [7, 11) is 1.58. The van der Waals surface area contributed by atoms with E-state index < -0.39 is 5.91 Å². The fourth-order valence-corrected chi connectivity index (χ4v) is 2.71. The molecule has 0 bridgehead atoms. The monoisotopic (exact) mass is 384 g/mol. The van der Waals surface area contributed by atoms with Crippen molar-refractivity contribution in [1.82, 2.24) is 0 Å². The minimum absolute atomic E-state index is 0.0352. The van der Waals surface area contributed by atoms with Crippen LogP contribution in [0.4, 0.5) is 5.69 Å². The van der Waals surface area contributed by atoms with Crippen LogP contribution in [0.1, 0.15) is 16.7 Å². The third-order valence-corrected chi connectivity index (χ3v) is 4.11. The van der Waals surface area contributed by atoms with E-state index in [4.69, 9.17) is 4.74 Å². The summed E-state index contributed by atoms with van der Waals surface area (Å²) >= 11 is 3.39. The number of methoxy groups -OCH3 is 1. The molecule has 0 fully saturated rings. The number of halogens is 1. The summed E-state index contributed by atoms with van der Waals surface area (Å²) in [5, 5.41) is 12.1. The first-order valence-corrected chi connectivity index (χ1v) is 8.08. The Morgan fingerprint density at radius 1 is 1.25 bits per heavy atom. The molecule has 24 heavy (non-hydrogen) atoms. The van der Waals surface area contributed by atoms with Crippen LogP contribution in [-0.4, -0.2) is 13.0 Å². The Hall–Kier alpha value is -2.58. The maximum atomic E-state index is 12.4. The summed E-state index contributed by atoms with van der Waals surface area (Å²) in [6.07, 6.45) is 1.55. The van der Waals surface area contributed by atoms with Crippen molar-refractivity contribution in [1.29, 1.82) is 5.26 Å². The molecule has 0 aromatic heterocycles. The Morgan fingerprint density at radius 2 is 2.00 bits per heavy atom. The minimum Gasteiger partial charge on any atom is -0.496 e. The van der Waals surface area contributed by atoms with E-state index in [0.29, 0.717) is 11.4 Å². The smallest absolute Gasteiger partial charge is 0.266 e. The number of hydrogen-bond donors (Lipinski definition) is 1. The predicted molar refractivity (Wildman–Crippen MR) is 98.8 cm³/mol. The number of nitrogens with one attached hydrogen (secondary N) is 1. The Bertz CT molecular complexity index is 851. The number of amides is 1. The molecule has 2 aromatic carbocycles. The number of carbonyl (C=O) groups excluding carboxylic acids is 1. The molecule has 0 heterocycles. The van der Waals surface area contributed by atoms with Gasteiger partial charge in [0.05, 0.1) is 11.6 Å². The van der Waals surface area contributed by atoms with Gasteiger partial charge in [0.25, 0.3) is 5.91 Å². The van der Waals surface area contributed by atoms with E-state index >= 15 is 0 Å². The van der Waals surface area contributed by atoms with Crippen LogP contribution < -0.4 is 10.1 Å². The summed E-state index contributed by atoms with van der Waals surface area (Å²) in [5.41, 5.74) is 3.45. The first kappa shape index (κ1) is 17.8. The highest BCUT2D eigenvalue weighted by molar-refractivity contribution is 9.10. The van der Waals surface area contributed by atoms with Gasteiger partial charge in [0, 0.05) is 5.69 Å². The van der Waals surface area contributed by atoms with Crippen molar-refractivity contribution in [3.63, 3.8) is 0 Å². The van der Waals surface area contributed by atoms with Crippen molar-refractivity contribution in [2.24, 2.45) is 0 Å². The molecule has 2 aromatic rings. The van der Waals surface area contributed by atoms with E-state index in [9.17, 15) is 10.1 Å². The number of rotatable bonds is 4.